The van der Waals surface area contributed by atoms with Gasteiger partial charge < -0.3 is 10.2 Å². The lowest BCUT2D eigenvalue weighted by atomic mass is 9.68. The van der Waals surface area contributed by atoms with Gasteiger partial charge in [0.15, 0.2) is 0 Å². The summed E-state index contributed by atoms with van der Waals surface area (Å²) in [5, 5.41) is 3.52. The van der Waals surface area contributed by atoms with E-state index in [9.17, 15) is 9.59 Å². The molecule has 1 fully saturated rings. The smallest absolute Gasteiger partial charge is 0.239 e. The maximum atomic E-state index is 13.5. The number of benzene rings is 1. The molecule has 25 heavy (non-hydrogen) atoms. The predicted molar refractivity (Wildman–Crippen MR) is 102 cm³/mol. The summed E-state index contributed by atoms with van der Waals surface area (Å²) < 4.78 is 0. The van der Waals surface area contributed by atoms with E-state index in [1.807, 2.05) is 45.0 Å². The highest BCUT2D eigenvalue weighted by molar-refractivity contribution is 6.30. The van der Waals surface area contributed by atoms with E-state index in [1.54, 1.807) is 4.90 Å². The molecule has 138 valence electrons. The van der Waals surface area contributed by atoms with E-state index in [2.05, 4.69) is 5.32 Å². The van der Waals surface area contributed by atoms with Crippen molar-refractivity contribution in [3.05, 3.63) is 34.9 Å². The fourth-order valence-corrected chi connectivity index (χ4v) is 3.93. The molecule has 2 amide bonds. The van der Waals surface area contributed by atoms with E-state index >= 15 is 0 Å². The molecule has 0 atom stereocenters. The molecular weight excluding hydrogens is 336 g/mol. The zero-order valence-electron chi connectivity index (χ0n) is 15.5. The first-order valence-corrected chi connectivity index (χ1v) is 9.61. The summed E-state index contributed by atoms with van der Waals surface area (Å²) >= 11 is 6.20. The first-order valence-electron chi connectivity index (χ1n) is 9.24. The molecule has 4 nitrogen and oxygen atoms in total. The van der Waals surface area contributed by atoms with E-state index in [4.69, 9.17) is 11.6 Å². The van der Waals surface area contributed by atoms with E-state index in [0.717, 1.165) is 37.7 Å². The second-order valence-corrected chi connectivity index (χ2v) is 7.63. The van der Waals surface area contributed by atoms with Gasteiger partial charge in [-0.25, -0.2) is 0 Å². The molecule has 0 aromatic heterocycles. The Morgan fingerprint density at radius 2 is 1.92 bits per heavy atom. The van der Waals surface area contributed by atoms with Crippen LogP contribution < -0.4 is 5.32 Å². The monoisotopic (exact) mass is 364 g/mol. The molecule has 1 saturated carbocycles. The Morgan fingerprint density at radius 1 is 1.24 bits per heavy atom. The number of nitrogens with one attached hydrogen (secondary N) is 1. The average Bonchev–Trinajstić information content (AvgIpc) is 2.59. The van der Waals surface area contributed by atoms with Crippen LogP contribution in [0.1, 0.15) is 58.4 Å². The molecule has 0 bridgehead atoms. The standard InChI is InChI=1S/C20H29ClN2O2/c1-4-23(14-18(24)22-15(2)3)19(25)20(11-6-5-7-12-20)16-9-8-10-17(21)13-16/h8-10,13,15H,4-7,11-12,14H2,1-3H3,(H,22,24). The van der Waals surface area contributed by atoms with Crippen molar-refractivity contribution in [2.24, 2.45) is 0 Å². The molecule has 1 aliphatic carbocycles. The number of amides is 2. The molecule has 0 aliphatic heterocycles. The summed E-state index contributed by atoms with van der Waals surface area (Å²) in [6.07, 6.45) is 4.82. The number of carbonyl (C=O) groups excluding carboxylic acids is 2. The van der Waals surface area contributed by atoms with Crippen molar-refractivity contribution < 1.29 is 9.59 Å². The van der Waals surface area contributed by atoms with Crippen molar-refractivity contribution in [2.45, 2.75) is 64.3 Å². The third-order valence-corrected chi connectivity index (χ3v) is 5.18. The number of rotatable bonds is 6. The number of nitrogens with zero attached hydrogens (tertiary/aromatic N) is 1. The maximum Gasteiger partial charge on any atom is 0.239 e. The Kier molecular flexibility index (Phi) is 6.88. The van der Waals surface area contributed by atoms with Gasteiger partial charge in [-0.3, -0.25) is 9.59 Å². The van der Waals surface area contributed by atoms with Crippen LogP contribution in [0.25, 0.3) is 0 Å². The molecule has 0 heterocycles. The van der Waals surface area contributed by atoms with Crippen LogP contribution in [-0.2, 0) is 15.0 Å². The summed E-state index contributed by atoms with van der Waals surface area (Å²) in [4.78, 5) is 27.4. The number of likely N-dealkylation sites (N-methyl/N-ethyl adjacent to an activating group) is 1. The number of hydrogen-bond acceptors (Lipinski definition) is 2. The fraction of sp³-hybridized carbons (Fsp3) is 0.600. The van der Waals surface area contributed by atoms with Gasteiger partial charge in [-0.2, -0.15) is 0 Å². The Bertz CT molecular complexity index is 609. The largest absolute Gasteiger partial charge is 0.352 e. The van der Waals surface area contributed by atoms with Crippen LogP contribution in [0.2, 0.25) is 5.02 Å². The molecule has 0 saturated heterocycles. The van der Waals surface area contributed by atoms with E-state index in [0.29, 0.717) is 11.6 Å². The van der Waals surface area contributed by atoms with Gasteiger partial charge in [0.25, 0.3) is 0 Å². The Morgan fingerprint density at radius 3 is 2.48 bits per heavy atom. The van der Waals surface area contributed by atoms with Gasteiger partial charge in [0.05, 0.1) is 12.0 Å². The lowest BCUT2D eigenvalue weighted by molar-refractivity contribution is -0.142. The molecule has 0 spiro atoms. The zero-order chi connectivity index (χ0) is 18.4. The van der Waals surface area contributed by atoms with Gasteiger partial charge in [0, 0.05) is 17.6 Å². The second kappa shape index (κ2) is 8.70. The third-order valence-electron chi connectivity index (χ3n) is 4.95. The Hall–Kier alpha value is -1.55. The van der Waals surface area contributed by atoms with Crippen molar-refractivity contribution in [3.8, 4) is 0 Å². The summed E-state index contributed by atoms with van der Waals surface area (Å²) in [7, 11) is 0. The second-order valence-electron chi connectivity index (χ2n) is 7.19. The van der Waals surface area contributed by atoms with Crippen LogP contribution in [0.3, 0.4) is 0 Å². The van der Waals surface area contributed by atoms with Crippen molar-refractivity contribution >= 4 is 23.4 Å². The summed E-state index contributed by atoms with van der Waals surface area (Å²) in [6, 6.07) is 7.71. The van der Waals surface area contributed by atoms with Gasteiger partial charge in [0.1, 0.15) is 0 Å². The van der Waals surface area contributed by atoms with Gasteiger partial charge in [0.2, 0.25) is 11.8 Å². The van der Waals surface area contributed by atoms with Crippen molar-refractivity contribution in [2.75, 3.05) is 13.1 Å². The topological polar surface area (TPSA) is 49.4 Å². The van der Waals surface area contributed by atoms with E-state index < -0.39 is 5.41 Å². The third kappa shape index (κ3) is 4.75. The molecule has 1 aromatic carbocycles. The van der Waals surface area contributed by atoms with Crippen LogP contribution >= 0.6 is 11.6 Å². The van der Waals surface area contributed by atoms with Gasteiger partial charge in [-0.15, -0.1) is 0 Å². The first-order chi connectivity index (χ1) is 11.9. The summed E-state index contributed by atoms with van der Waals surface area (Å²) in [6.45, 7) is 6.40. The van der Waals surface area contributed by atoms with E-state index in [-0.39, 0.29) is 24.4 Å². The van der Waals surface area contributed by atoms with Crippen LogP contribution in [0.4, 0.5) is 0 Å². The normalized spacial score (nSPS) is 16.5. The minimum atomic E-state index is -0.558. The highest BCUT2D eigenvalue weighted by Gasteiger charge is 2.43. The molecule has 1 aromatic rings. The van der Waals surface area contributed by atoms with Crippen LogP contribution in [0.15, 0.2) is 24.3 Å². The molecular formula is C20H29ClN2O2. The first kappa shape index (κ1) is 19.8. The van der Waals surface area contributed by atoms with Crippen LogP contribution in [-0.4, -0.2) is 35.8 Å². The minimum Gasteiger partial charge on any atom is -0.352 e. The molecule has 0 unspecified atom stereocenters. The van der Waals surface area contributed by atoms with Gasteiger partial charge in [-0.1, -0.05) is 43.0 Å². The maximum absolute atomic E-state index is 13.5. The molecule has 1 N–H and O–H groups in total. The quantitative estimate of drug-likeness (QED) is 0.831. The van der Waals surface area contributed by atoms with Crippen LogP contribution in [0.5, 0.6) is 0 Å². The SMILES string of the molecule is CCN(CC(=O)NC(C)C)C(=O)C1(c2cccc(Cl)c2)CCCCC1. The summed E-state index contributed by atoms with van der Waals surface area (Å²) in [5.74, 6) is -0.0573. The highest BCUT2D eigenvalue weighted by atomic mass is 35.5. The molecule has 0 radical (unpaired) electrons. The fourth-order valence-electron chi connectivity index (χ4n) is 3.74. The average molecular weight is 365 g/mol. The molecule has 2 rings (SSSR count). The Balaban J connectivity index is 2.29. The van der Waals surface area contributed by atoms with Gasteiger partial charge >= 0.3 is 0 Å². The lowest BCUT2D eigenvalue weighted by Crippen LogP contribution is -2.51. The van der Waals surface area contributed by atoms with Crippen molar-refractivity contribution in [3.63, 3.8) is 0 Å². The number of hydrogen-bond donors (Lipinski definition) is 1. The molecule has 1 aliphatic rings. The molecule has 5 heteroatoms. The highest BCUT2D eigenvalue weighted by Crippen LogP contribution is 2.41. The lowest BCUT2D eigenvalue weighted by Gasteiger charge is -2.40. The predicted octanol–water partition coefficient (Wildman–Crippen LogP) is 3.92. The minimum absolute atomic E-state index is 0.0517. The summed E-state index contributed by atoms with van der Waals surface area (Å²) in [5.41, 5.74) is 0.421. The van der Waals surface area contributed by atoms with E-state index in [1.165, 1.54) is 0 Å². The Labute approximate surface area is 155 Å². The number of carbonyl (C=O) groups is 2. The van der Waals surface area contributed by atoms with Crippen molar-refractivity contribution in [1.82, 2.24) is 10.2 Å². The number of halogens is 1. The van der Waals surface area contributed by atoms with Crippen LogP contribution in [0, 0.1) is 0 Å². The van der Waals surface area contributed by atoms with Gasteiger partial charge in [-0.05, 0) is 51.3 Å². The zero-order valence-corrected chi connectivity index (χ0v) is 16.2. The van der Waals surface area contributed by atoms with Crippen molar-refractivity contribution in [1.29, 1.82) is 0 Å².